The van der Waals surface area contributed by atoms with Crippen molar-refractivity contribution < 1.29 is 5.11 Å². The lowest BCUT2D eigenvalue weighted by Gasteiger charge is -2.28. The van der Waals surface area contributed by atoms with Crippen molar-refractivity contribution in [3.8, 4) is 0 Å². The summed E-state index contributed by atoms with van der Waals surface area (Å²) in [4.78, 5) is 2.39. The van der Waals surface area contributed by atoms with Crippen molar-refractivity contribution >= 4 is 0 Å². The maximum Gasteiger partial charge on any atom is 0.0757 e. The van der Waals surface area contributed by atoms with E-state index in [0.29, 0.717) is 0 Å². The quantitative estimate of drug-likeness (QED) is 0.672. The van der Waals surface area contributed by atoms with Gasteiger partial charge < -0.3 is 5.11 Å². The van der Waals surface area contributed by atoms with Gasteiger partial charge in [0.2, 0.25) is 0 Å². The standard InChI is InChI=1S/C11H21NO/c1-3-11(13)10(2)9-12-7-5-4-6-8-12/h11,13H,2-9H2,1H3/t11-/m0/s1. The molecular formula is C11H21NO. The molecule has 2 nitrogen and oxygen atoms in total. The lowest BCUT2D eigenvalue weighted by molar-refractivity contribution is 0.179. The minimum absolute atomic E-state index is 0.304. The molecule has 0 bridgehead atoms. The molecule has 0 saturated carbocycles. The molecule has 1 aliphatic heterocycles. The minimum Gasteiger partial charge on any atom is -0.389 e. The predicted octanol–water partition coefficient (Wildman–Crippen LogP) is 1.80. The van der Waals surface area contributed by atoms with Crippen LogP contribution in [-0.2, 0) is 0 Å². The zero-order valence-corrected chi connectivity index (χ0v) is 8.63. The molecule has 1 N–H and O–H groups in total. The summed E-state index contributed by atoms with van der Waals surface area (Å²) in [5.74, 6) is 0. The number of hydrogen-bond donors (Lipinski definition) is 1. The van der Waals surface area contributed by atoms with Gasteiger partial charge in [-0.25, -0.2) is 0 Å². The van der Waals surface area contributed by atoms with E-state index in [0.717, 1.165) is 18.5 Å². The van der Waals surface area contributed by atoms with Crippen LogP contribution in [0.2, 0.25) is 0 Å². The zero-order chi connectivity index (χ0) is 9.68. The first-order valence-electron chi connectivity index (χ1n) is 5.32. The molecule has 0 spiro atoms. The van der Waals surface area contributed by atoms with Gasteiger partial charge in [0, 0.05) is 6.54 Å². The summed E-state index contributed by atoms with van der Waals surface area (Å²) in [6.45, 7) is 9.16. The summed E-state index contributed by atoms with van der Waals surface area (Å²) in [6.07, 6.45) is 4.44. The molecule has 1 saturated heterocycles. The van der Waals surface area contributed by atoms with Crippen LogP contribution >= 0.6 is 0 Å². The highest BCUT2D eigenvalue weighted by Crippen LogP contribution is 2.12. The molecule has 1 fully saturated rings. The summed E-state index contributed by atoms with van der Waals surface area (Å²) in [7, 11) is 0. The normalized spacial score (nSPS) is 21.4. The summed E-state index contributed by atoms with van der Waals surface area (Å²) in [5, 5.41) is 9.53. The Morgan fingerprint density at radius 1 is 1.38 bits per heavy atom. The molecule has 1 rings (SSSR count). The molecule has 13 heavy (non-hydrogen) atoms. The molecule has 1 heterocycles. The fraction of sp³-hybridized carbons (Fsp3) is 0.818. The van der Waals surface area contributed by atoms with Crippen molar-refractivity contribution in [1.82, 2.24) is 4.90 Å². The third kappa shape index (κ3) is 3.49. The average Bonchev–Trinajstić information content (AvgIpc) is 2.18. The first kappa shape index (κ1) is 10.7. The highest BCUT2D eigenvalue weighted by Gasteiger charge is 2.13. The zero-order valence-electron chi connectivity index (χ0n) is 8.63. The smallest absolute Gasteiger partial charge is 0.0757 e. The van der Waals surface area contributed by atoms with Crippen LogP contribution in [0.4, 0.5) is 0 Å². The molecule has 1 aliphatic rings. The second-order valence-electron chi connectivity index (χ2n) is 3.92. The lowest BCUT2D eigenvalue weighted by Crippen LogP contribution is -2.33. The SMILES string of the molecule is C=C(CN1CCCCC1)[C@@H](O)CC. The van der Waals surface area contributed by atoms with Gasteiger partial charge in [0.1, 0.15) is 0 Å². The van der Waals surface area contributed by atoms with Crippen molar-refractivity contribution in [2.75, 3.05) is 19.6 Å². The van der Waals surface area contributed by atoms with E-state index in [-0.39, 0.29) is 6.10 Å². The van der Waals surface area contributed by atoms with Gasteiger partial charge in [-0.15, -0.1) is 0 Å². The molecule has 0 amide bonds. The maximum atomic E-state index is 9.53. The van der Waals surface area contributed by atoms with E-state index in [9.17, 15) is 5.11 Å². The van der Waals surface area contributed by atoms with E-state index in [1.807, 2.05) is 6.92 Å². The molecule has 0 aromatic carbocycles. The molecule has 0 aromatic heterocycles. The molecule has 0 radical (unpaired) electrons. The number of hydrogen-bond acceptors (Lipinski definition) is 2. The second-order valence-corrected chi connectivity index (χ2v) is 3.92. The second kappa shape index (κ2) is 5.40. The maximum absolute atomic E-state index is 9.53. The number of likely N-dealkylation sites (tertiary alicyclic amines) is 1. The molecule has 2 heteroatoms. The van der Waals surface area contributed by atoms with E-state index in [1.54, 1.807) is 0 Å². The summed E-state index contributed by atoms with van der Waals surface area (Å²) in [6, 6.07) is 0. The Bertz CT molecular complexity index is 161. The fourth-order valence-electron chi connectivity index (χ4n) is 1.80. The number of piperidine rings is 1. The molecular weight excluding hydrogens is 162 g/mol. The Labute approximate surface area is 81.2 Å². The molecule has 0 aliphatic carbocycles. The van der Waals surface area contributed by atoms with Gasteiger partial charge in [0.15, 0.2) is 0 Å². The minimum atomic E-state index is -0.304. The van der Waals surface area contributed by atoms with E-state index >= 15 is 0 Å². The first-order valence-corrected chi connectivity index (χ1v) is 5.32. The van der Waals surface area contributed by atoms with Crippen LogP contribution in [0.1, 0.15) is 32.6 Å². The topological polar surface area (TPSA) is 23.5 Å². The molecule has 0 aromatic rings. The number of nitrogens with zero attached hydrogens (tertiary/aromatic N) is 1. The Morgan fingerprint density at radius 3 is 2.54 bits per heavy atom. The molecule has 76 valence electrons. The average molecular weight is 183 g/mol. The lowest BCUT2D eigenvalue weighted by atomic mass is 10.1. The third-order valence-corrected chi connectivity index (χ3v) is 2.73. The summed E-state index contributed by atoms with van der Waals surface area (Å²) < 4.78 is 0. The van der Waals surface area contributed by atoms with Crippen LogP contribution in [0.3, 0.4) is 0 Å². The van der Waals surface area contributed by atoms with Crippen LogP contribution < -0.4 is 0 Å². The summed E-state index contributed by atoms with van der Waals surface area (Å²) >= 11 is 0. The van der Waals surface area contributed by atoms with E-state index in [1.165, 1.54) is 32.4 Å². The number of aliphatic hydroxyl groups excluding tert-OH is 1. The summed E-state index contributed by atoms with van der Waals surface area (Å²) in [5.41, 5.74) is 0.976. The van der Waals surface area contributed by atoms with Gasteiger partial charge in [-0.3, -0.25) is 4.90 Å². The number of aliphatic hydroxyl groups is 1. The largest absolute Gasteiger partial charge is 0.389 e. The van der Waals surface area contributed by atoms with Gasteiger partial charge in [0.25, 0.3) is 0 Å². The van der Waals surface area contributed by atoms with Crippen LogP contribution in [0.5, 0.6) is 0 Å². The Morgan fingerprint density at radius 2 is 2.00 bits per heavy atom. The van der Waals surface area contributed by atoms with Crippen LogP contribution in [0, 0.1) is 0 Å². The van der Waals surface area contributed by atoms with Crippen LogP contribution in [-0.4, -0.2) is 35.7 Å². The Balaban J connectivity index is 2.26. The van der Waals surface area contributed by atoms with Gasteiger partial charge >= 0.3 is 0 Å². The Kier molecular flexibility index (Phi) is 4.46. The van der Waals surface area contributed by atoms with Crippen molar-refractivity contribution in [3.63, 3.8) is 0 Å². The highest BCUT2D eigenvalue weighted by molar-refractivity contribution is 5.04. The van der Waals surface area contributed by atoms with Crippen LogP contribution in [0.25, 0.3) is 0 Å². The Hall–Kier alpha value is -0.340. The van der Waals surface area contributed by atoms with Gasteiger partial charge in [-0.2, -0.15) is 0 Å². The highest BCUT2D eigenvalue weighted by atomic mass is 16.3. The third-order valence-electron chi connectivity index (χ3n) is 2.73. The van der Waals surface area contributed by atoms with E-state index in [4.69, 9.17) is 0 Å². The van der Waals surface area contributed by atoms with Crippen molar-refractivity contribution in [2.45, 2.75) is 38.7 Å². The predicted molar refractivity (Wildman–Crippen MR) is 55.7 cm³/mol. The van der Waals surface area contributed by atoms with E-state index in [2.05, 4.69) is 11.5 Å². The van der Waals surface area contributed by atoms with Gasteiger partial charge in [-0.1, -0.05) is 19.9 Å². The van der Waals surface area contributed by atoms with Crippen molar-refractivity contribution in [3.05, 3.63) is 12.2 Å². The molecule has 1 atom stereocenters. The van der Waals surface area contributed by atoms with Crippen LogP contribution in [0.15, 0.2) is 12.2 Å². The molecule has 0 unspecified atom stereocenters. The first-order chi connectivity index (χ1) is 6.24. The van der Waals surface area contributed by atoms with Crippen molar-refractivity contribution in [1.29, 1.82) is 0 Å². The van der Waals surface area contributed by atoms with E-state index < -0.39 is 0 Å². The monoisotopic (exact) mass is 183 g/mol. The van der Waals surface area contributed by atoms with Crippen molar-refractivity contribution in [2.24, 2.45) is 0 Å². The van der Waals surface area contributed by atoms with Gasteiger partial charge in [-0.05, 0) is 37.9 Å². The fourth-order valence-corrected chi connectivity index (χ4v) is 1.80. The van der Waals surface area contributed by atoms with Gasteiger partial charge in [0.05, 0.1) is 6.10 Å². The number of rotatable bonds is 4.